The molecule has 7 nitrogen and oxygen atoms in total. The molecule has 152 valence electrons. The SMILES string of the molecule is COc1ccc(N(CCCC(=O)NC2CCN(C)CC2)S(C)(=O)=O)cc1Cl. The van der Waals surface area contributed by atoms with E-state index in [9.17, 15) is 13.2 Å². The van der Waals surface area contributed by atoms with Crippen molar-refractivity contribution in [2.45, 2.75) is 31.7 Å². The minimum absolute atomic E-state index is 0.0363. The molecule has 0 unspecified atom stereocenters. The molecule has 1 saturated heterocycles. The molecule has 1 amide bonds. The molecular weight excluding hydrogens is 390 g/mol. The Morgan fingerprint density at radius 3 is 2.59 bits per heavy atom. The van der Waals surface area contributed by atoms with Crippen molar-refractivity contribution in [1.29, 1.82) is 0 Å². The molecule has 1 fully saturated rings. The Balaban J connectivity index is 1.91. The molecule has 1 N–H and O–H groups in total. The average Bonchev–Trinajstić information content (AvgIpc) is 2.59. The number of nitrogens with zero attached hydrogens (tertiary/aromatic N) is 2. The number of hydrogen-bond acceptors (Lipinski definition) is 5. The highest BCUT2D eigenvalue weighted by atomic mass is 35.5. The van der Waals surface area contributed by atoms with Crippen molar-refractivity contribution < 1.29 is 17.9 Å². The van der Waals surface area contributed by atoms with Crippen molar-refractivity contribution in [2.24, 2.45) is 0 Å². The van der Waals surface area contributed by atoms with E-state index in [2.05, 4.69) is 17.3 Å². The molecule has 9 heteroatoms. The predicted molar refractivity (Wildman–Crippen MR) is 108 cm³/mol. The van der Waals surface area contributed by atoms with Gasteiger partial charge in [-0.25, -0.2) is 8.42 Å². The maximum absolute atomic E-state index is 12.2. The van der Waals surface area contributed by atoms with Gasteiger partial charge in [0.1, 0.15) is 5.75 Å². The lowest BCUT2D eigenvalue weighted by Crippen LogP contribution is -2.43. The lowest BCUT2D eigenvalue weighted by Gasteiger charge is -2.29. The molecule has 0 bridgehead atoms. The van der Waals surface area contributed by atoms with E-state index in [-0.39, 0.29) is 24.9 Å². The van der Waals surface area contributed by atoms with Gasteiger partial charge < -0.3 is 15.0 Å². The summed E-state index contributed by atoms with van der Waals surface area (Å²) in [4.78, 5) is 14.4. The number of piperidine rings is 1. The smallest absolute Gasteiger partial charge is 0.232 e. The van der Waals surface area contributed by atoms with Gasteiger partial charge in [0.05, 0.1) is 24.1 Å². The summed E-state index contributed by atoms with van der Waals surface area (Å²) in [6.07, 6.45) is 3.74. The number of anilines is 1. The minimum Gasteiger partial charge on any atom is -0.495 e. The molecule has 0 saturated carbocycles. The summed E-state index contributed by atoms with van der Waals surface area (Å²) in [5.74, 6) is 0.442. The second-order valence-electron chi connectivity index (χ2n) is 6.90. The topological polar surface area (TPSA) is 79.0 Å². The van der Waals surface area contributed by atoms with Crippen LogP contribution in [0.25, 0.3) is 0 Å². The van der Waals surface area contributed by atoms with Crippen LogP contribution in [0.4, 0.5) is 5.69 Å². The van der Waals surface area contributed by atoms with Gasteiger partial charge in [-0.05, 0) is 57.6 Å². The Morgan fingerprint density at radius 2 is 2.04 bits per heavy atom. The van der Waals surface area contributed by atoms with Crippen LogP contribution in [0.15, 0.2) is 18.2 Å². The van der Waals surface area contributed by atoms with E-state index in [1.54, 1.807) is 18.2 Å². The molecule has 0 radical (unpaired) electrons. The normalized spacial score (nSPS) is 16.1. The Bertz CT molecular complexity index is 749. The van der Waals surface area contributed by atoms with E-state index < -0.39 is 10.0 Å². The number of nitrogens with one attached hydrogen (secondary N) is 1. The van der Waals surface area contributed by atoms with Gasteiger partial charge in [0.25, 0.3) is 0 Å². The molecule has 2 rings (SSSR count). The van der Waals surface area contributed by atoms with E-state index in [0.717, 1.165) is 32.2 Å². The van der Waals surface area contributed by atoms with Crippen molar-refractivity contribution in [2.75, 3.05) is 44.4 Å². The first-order valence-electron chi connectivity index (χ1n) is 9.00. The van der Waals surface area contributed by atoms with Crippen molar-refractivity contribution >= 4 is 33.2 Å². The van der Waals surface area contributed by atoms with Crippen LogP contribution < -0.4 is 14.4 Å². The predicted octanol–water partition coefficient (Wildman–Crippen LogP) is 2.11. The Labute approximate surface area is 166 Å². The van der Waals surface area contributed by atoms with Crippen molar-refractivity contribution in [3.8, 4) is 5.75 Å². The first kappa shape index (κ1) is 21.8. The van der Waals surface area contributed by atoms with Crippen LogP contribution in [0.5, 0.6) is 5.75 Å². The van der Waals surface area contributed by atoms with Crippen molar-refractivity contribution in [1.82, 2.24) is 10.2 Å². The molecule has 27 heavy (non-hydrogen) atoms. The van der Waals surface area contributed by atoms with Gasteiger partial charge in [-0.3, -0.25) is 9.10 Å². The van der Waals surface area contributed by atoms with Crippen molar-refractivity contribution in [3.05, 3.63) is 23.2 Å². The first-order chi connectivity index (χ1) is 12.7. The van der Waals surface area contributed by atoms with Crippen LogP contribution in [0.2, 0.25) is 5.02 Å². The largest absolute Gasteiger partial charge is 0.495 e. The molecule has 1 aromatic rings. The molecule has 0 aromatic heterocycles. The number of sulfonamides is 1. The maximum atomic E-state index is 12.2. The monoisotopic (exact) mass is 417 g/mol. The van der Waals surface area contributed by atoms with E-state index in [1.165, 1.54) is 11.4 Å². The zero-order valence-corrected chi connectivity index (χ0v) is 17.6. The number of carbonyl (C=O) groups excluding carboxylic acids is 1. The summed E-state index contributed by atoms with van der Waals surface area (Å²) in [6, 6.07) is 5.03. The standard InChI is InChI=1S/C18H28ClN3O4S/c1-21-11-8-14(9-12-21)20-18(23)5-4-10-22(27(3,24)25)15-6-7-17(26-2)16(19)13-15/h6-7,13-14H,4-5,8-12H2,1-3H3,(H,20,23). The zero-order valence-electron chi connectivity index (χ0n) is 16.1. The van der Waals surface area contributed by atoms with Crippen LogP contribution in [0.3, 0.4) is 0 Å². The second kappa shape index (κ2) is 9.61. The summed E-state index contributed by atoms with van der Waals surface area (Å²) >= 11 is 6.11. The molecule has 1 heterocycles. The third kappa shape index (κ3) is 6.55. The zero-order chi connectivity index (χ0) is 20.0. The van der Waals surface area contributed by atoms with Gasteiger partial charge in [0.2, 0.25) is 15.9 Å². The first-order valence-corrected chi connectivity index (χ1v) is 11.2. The number of amides is 1. The van der Waals surface area contributed by atoms with Crippen LogP contribution in [0, 0.1) is 0 Å². The summed E-state index contributed by atoms with van der Waals surface area (Å²) in [6.45, 7) is 2.17. The van der Waals surface area contributed by atoms with Crippen LogP contribution in [-0.2, 0) is 14.8 Å². The number of halogens is 1. The summed E-state index contributed by atoms with van der Waals surface area (Å²) in [5, 5.41) is 3.38. The maximum Gasteiger partial charge on any atom is 0.232 e. The summed E-state index contributed by atoms with van der Waals surface area (Å²) in [7, 11) is 0.0819. The number of likely N-dealkylation sites (tertiary alicyclic amines) is 1. The van der Waals surface area contributed by atoms with Gasteiger partial charge in [0.15, 0.2) is 0 Å². The van der Waals surface area contributed by atoms with Gasteiger partial charge in [-0.15, -0.1) is 0 Å². The van der Waals surface area contributed by atoms with Gasteiger partial charge in [-0.2, -0.15) is 0 Å². The van der Waals surface area contributed by atoms with Crippen LogP contribution >= 0.6 is 11.6 Å². The summed E-state index contributed by atoms with van der Waals surface area (Å²) in [5.41, 5.74) is 0.457. The number of ether oxygens (including phenoxy) is 1. The van der Waals surface area contributed by atoms with E-state index in [1.807, 2.05) is 0 Å². The van der Waals surface area contributed by atoms with Gasteiger partial charge in [-0.1, -0.05) is 11.6 Å². The summed E-state index contributed by atoms with van der Waals surface area (Å²) < 4.78 is 30.7. The molecular formula is C18H28ClN3O4S. The highest BCUT2D eigenvalue weighted by Crippen LogP contribution is 2.30. The Hall–Kier alpha value is -1.51. The van der Waals surface area contributed by atoms with Crippen LogP contribution in [-0.4, -0.2) is 65.3 Å². The number of rotatable bonds is 8. The fourth-order valence-electron chi connectivity index (χ4n) is 3.13. The highest BCUT2D eigenvalue weighted by Gasteiger charge is 2.21. The van der Waals surface area contributed by atoms with E-state index >= 15 is 0 Å². The molecule has 0 spiro atoms. The highest BCUT2D eigenvalue weighted by molar-refractivity contribution is 7.92. The van der Waals surface area contributed by atoms with Gasteiger partial charge >= 0.3 is 0 Å². The molecule has 1 aliphatic rings. The number of methoxy groups -OCH3 is 1. The second-order valence-corrected chi connectivity index (χ2v) is 9.22. The minimum atomic E-state index is -3.49. The van der Waals surface area contributed by atoms with Crippen molar-refractivity contribution in [3.63, 3.8) is 0 Å². The fourth-order valence-corrected chi connectivity index (χ4v) is 4.34. The molecule has 0 aliphatic carbocycles. The number of carbonyl (C=O) groups is 1. The lowest BCUT2D eigenvalue weighted by atomic mass is 10.1. The van der Waals surface area contributed by atoms with Crippen LogP contribution in [0.1, 0.15) is 25.7 Å². The third-order valence-electron chi connectivity index (χ3n) is 4.67. The Kier molecular flexibility index (Phi) is 7.76. The average molecular weight is 418 g/mol. The lowest BCUT2D eigenvalue weighted by molar-refractivity contribution is -0.122. The van der Waals surface area contributed by atoms with E-state index in [0.29, 0.717) is 22.9 Å². The number of benzene rings is 1. The quantitative estimate of drug-likeness (QED) is 0.700. The van der Waals surface area contributed by atoms with E-state index in [4.69, 9.17) is 16.3 Å². The number of hydrogen-bond donors (Lipinski definition) is 1. The molecule has 1 aromatic carbocycles. The molecule has 0 atom stereocenters. The Morgan fingerprint density at radius 1 is 1.37 bits per heavy atom. The molecule has 1 aliphatic heterocycles. The van der Waals surface area contributed by atoms with Gasteiger partial charge in [0, 0.05) is 19.0 Å². The third-order valence-corrected chi connectivity index (χ3v) is 6.16. The fraction of sp³-hybridized carbons (Fsp3) is 0.611.